The van der Waals surface area contributed by atoms with E-state index in [0.29, 0.717) is 37.7 Å². The molecule has 1 heterocycles. The minimum atomic E-state index is -0.854. The number of rotatable bonds is 5. The number of halogens is 2. The van der Waals surface area contributed by atoms with Crippen molar-refractivity contribution in [3.63, 3.8) is 0 Å². The van der Waals surface area contributed by atoms with Gasteiger partial charge in [-0.3, -0.25) is 4.79 Å². The summed E-state index contributed by atoms with van der Waals surface area (Å²) < 4.78 is 19.6. The average Bonchev–Trinajstić information content (AvgIpc) is 2.52. The number of anilines is 2. The van der Waals surface area contributed by atoms with Crippen LogP contribution in [0.5, 0.6) is 0 Å². The minimum absolute atomic E-state index is 0.0120. The molecule has 22 heavy (non-hydrogen) atoms. The zero-order chi connectivity index (χ0) is 16.1. The van der Waals surface area contributed by atoms with E-state index in [2.05, 4.69) is 0 Å². The molecule has 1 aliphatic heterocycles. The van der Waals surface area contributed by atoms with Gasteiger partial charge in [-0.25, -0.2) is 4.39 Å². The van der Waals surface area contributed by atoms with Crippen molar-refractivity contribution >= 4 is 28.9 Å². The predicted molar refractivity (Wildman–Crippen MR) is 84.2 cm³/mol. The second-order valence-electron chi connectivity index (χ2n) is 5.17. The van der Waals surface area contributed by atoms with Gasteiger partial charge in [0.2, 0.25) is 5.91 Å². The maximum absolute atomic E-state index is 14.4. The van der Waals surface area contributed by atoms with E-state index in [4.69, 9.17) is 16.3 Å². The van der Waals surface area contributed by atoms with Crippen LogP contribution in [0.4, 0.5) is 15.8 Å². The summed E-state index contributed by atoms with van der Waals surface area (Å²) >= 11 is 5.57. The second kappa shape index (κ2) is 7.76. The minimum Gasteiger partial charge on any atom is -0.390 e. The molecule has 0 spiro atoms. The van der Waals surface area contributed by atoms with Crippen LogP contribution in [0.15, 0.2) is 18.2 Å². The Hall–Kier alpha value is -1.37. The molecule has 5 nitrogen and oxygen atoms in total. The first-order valence-corrected chi connectivity index (χ1v) is 7.70. The highest BCUT2D eigenvalue weighted by atomic mass is 35.5. The van der Waals surface area contributed by atoms with Crippen molar-refractivity contribution in [3.8, 4) is 0 Å². The lowest BCUT2D eigenvalue weighted by Crippen LogP contribution is -2.38. The third-order valence-corrected chi connectivity index (χ3v) is 3.90. The zero-order valence-electron chi connectivity index (χ0n) is 12.5. The van der Waals surface area contributed by atoms with E-state index in [1.165, 1.54) is 17.9 Å². The second-order valence-corrected chi connectivity index (χ2v) is 5.48. The number of aliphatic hydroxyl groups is 1. The lowest BCUT2D eigenvalue weighted by atomic mass is 10.2. The van der Waals surface area contributed by atoms with Gasteiger partial charge in [0, 0.05) is 25.7 Å². The van der Waals surface area contributed by atoms with Gasteiger partial charge in [0.15, 0.2) is 0 Å². The zero-order valence-corrected chi connectivity index (χ0v) is 13.2. The smallest absolute Gasteiger partial charge is 0.223 e. The summed E-state index contributed by atoms with van der Waals surface area (Å²) in [6, 6.07) is 4.64. The number of nitrogens with zero attached hydrogens (tertiary/aromatic N) is 2. The fraction of sp³-hybridized carbons (Fsp3) is 0.533. The average molecular weight is 331 g/mol. The van der Waals surface area contributed by atoms with Crippen LogP contribution in [0, 0.1) is 5.82 Å². The Balaban J connectivity index is 2.20. The number of hydrogen-bond acceptors (Lipinski definition) is 4. The van der Waals surface area contributed by atoms with Crippen molar-refractivity contribution in [1.29, 1.82) is 0 Å². The summed E-state index contributed by atoms with van der Waals surface area (Å²) in [5, 5.41) is 9.62. The van der Waals surface area contributed by atoms with Gasteiger partial charge in [0.05, 0.1) is 37.4 Å². The molecule has 1 amide bonds. The Labute approximate surface area is 134 Å². The van der Waals surface area contributed by atoms with Crippen LogP contribution in [0.2, 0.25) is 0 Å². The molecule has 2 rings (SSSR count). The number of ether oxygens (including phenoxy) is 1. The number of aliphatic hydroxyl groups excluding tert-OH is 1. The fourth-order valence-electron chi connectivity index (χ4n) is 2.40. The van der Waals surface area contributed by atoms with Crippen LogP contribution in [0.1, 0.15) is 6.92 Å². The highest BCUT2D eigenvalue weighted by molar-refractivity contribution is 6.18. The van der Waals surface area contributed by atoms with Gasteiger partial charge in [-0.15, -0.1) is 11.6 Å². The maximum Gasteiger partial charge on any atom is 0.223 e. The third-order valence-electron chi connectivity index (χ3n) is 3.55. The summed E-state index contributed by atoms with van der Waals surface area (Å²) in [4.78, 5) is 14.9. The van der Waals surface area contributed by atoms with Gasteiger partial charge in [0.25, 0.3) is 0 Å². The largest absolute Gasteiger partial charge is 0.390 e. The van der Waals surface area contributed by atoms with Gasteiger partial charge < -0.3 is 19.6 Å². The molecule has 0 saturated carbocycles. The number of carbonyl (C=O) groups excluding carboxylic acids is 1. The molecule has 0 radical (unpaired) electrons. The molecule has 1 N–H and O–H groups in total. The molecule has 1 saturated heterocycles. The lowest BCUT2D eigenvalue weighted by Gasteiger charge is -2.30. The van der Waals surface area contributed by atoms with Gasteiger partial charge in [-0.2, -0.15) is 0 Å². The van der Waals surface area contributed by atoms with Gasteiger partial charge in [0.1, 0.15) is 5.82 Å². The molecule has 122 valence electrons. The molecular weight excluding hydrogens is 311 g/mol. The molecule has 7 heteroatoms. The normalized spacial score (nSPS) is 16.5. The number of alkyl halides is 1. The molecule has 1 fully saturated rings. The third kappa shape index (κ3) is 4.09. The molecule has 0 unspecified atom stereocenters. The van der Waals surface area contributed by atoms with Crippen molar-refractivity contribution in [2.45, 2.75) is 13.0 Å². The van der Waals surface area contributed by atoms with Crippen molar-refractivity contribution in [2.24, 2.45) is 0 Å². The van der Waals surface area contributed by atoms with E-state index in [1.807, 2.05) is 4.90 Å². The summed E-state index contributed by atoms with van der Waals surface area (Å²) in [5.41, 5.74) is 0.902. The van der Waals surface area contributed by atoms with Crippen molar-refractivity contribution < 1.29 is 19.0 Å². The number of carbonyl (C=O) groups is 1. The highest BCUT2D eigenvalue weighted by Crippen LogP contribution is 2.26. The van der Waals surface area contributed by atoms with Crippen LogP contribution < -0.4 is 9.80 Å². The van der Waals surface area contributed by atoms with E-state index in [-0.39, 0.29) is 18.3 Å². The van der Waals surface area contributed by atoms with E-state index in [0.717, 1.165) is 0 Å². The van der Waals surface area contributed by atoms with Crippen LogP contribution >= 0.6 is 11.6 Å². The van der Waals surface area contributed by atoms with Crippen molar-refractivity contribution in [3.05, 3.63) is 24.0 Å². The number of hydrogen-bond donors (Lipinski definition) is 1. The summed E-state index contributed by atoms with van der Waals surface area (Å²) in [7, 11) is 0. The highest BCUT2D eigenvalue weighted by Gasteiger charge is 2.20. The predicted octanol–water partition coefficient (Wildman–Crippen LogP) is 1.61. The molecule has 0 aromatic heterocycles. The number of benzene rings is 1. The topological polar surface area (TPSA) is 53.0 Å². The number of morpholine rings is 1. The Morgan fingerprint density at radius 1 is 1.50 bits per heavy atom. The fourth-order valence-corrected chi connectivity index (χ4v) is 2.50. The monoisotopic (exact) mass is 330 g/mol. The van der Waals surface area contributed by atoms with E-state index < -0.39 is 11.9 Å². The Morgan fingerprint density at radius 2 is 2.18 bits per heavy atom. The van der Waals surface area contributed by atoms with Crippen LogP contribution in [-0.4, -0.2) is 55.8 Å². The maximum atomic E-state index is 14.4. The van der Waals surface area contributed by atoms with Gasteiger partial charge >= 0.3 is 0 Å². The molecule has 1 aromatic rings. The number of amides is 1. The first-order chi connectivity index (χ1) is 10.5. The van der Waals surface area contributed by atoms with Crippen molar-refractivity contribution in [1.82, 2.24) is 0 Å². The first kappa shape index (κ1) is 17.0. The quantitative estimate of drug-likeness (QED) is 0.834. The standard InChI is InChI=1S/C15H20ClFN2O3/c1-11(20)19(10-13(21)9-16)12-2-3-15(14(17)8-12)18-4-6-22-7-5-18/h2-3,8,13,21H,4-7,9-10H2,1H3/t13-/m1/s1. The Kier molecular flexibility index (Phi) is 5.99. The molecule has 1 atom stereocenters. The summed E-state index contributed by atoms with van der Waals surface area (Å²) in [5.74, 6) is -0.660. The first-order valence-electron chi connectivity index (χ1n) is 7.17. The van der Waals surface area contributed by atoms with E-state index >= 15 is 0 Å². The van der Waals surface area contributed by atoms with E-state index in [1.54, 1.807) is 12.1 Å². The molecule has 1 aromatic carbocycles. The molecule has 0 bridgehead atoms. The molecule has 1 aliphatic rings. The van der Waals surface area contributed by atoms with E-state index in [9.17, 15) is 14.3 Å². The summed E-state index contributed by atoms with van der Waals surface area (Å²) in [6.45, 7) is 3.82. The van der Waals surface area contributed by atoms with Crippen molar-refractivity contribution in [2.75, 3.05) is 48.5 Å². The SMILES string of the molecule is CC(=O)N(C[C@H](O)CCl)c1ccc(N2CCOCC2)c(F)c1. The molecule has 0 aliphatic carbocycles. The lowest BCUT2D eigenvalue weighted by molar-refractivity contribution is -0.116. The van der Waals surface area contributed by atoms with Crippen LogP contribution in [0.25, 0.3) is 0 Å². The van der Waals surface area contributed by atoms with Crippen LogP contribution in [0.3, 0.4) is 0 Å². The van der Waals surface area contributed by atoms with Gasteiger partial charge in [-0.1, -0.05) is 0 Å². The molecular formula is C15H20ClFN2O3. The Bertz CT molecular complexity index is 524. The van der Waals surface area contributed by atoms with Crippen LogP contribution in [-0.2, 0) is 9.53 Å². The van der Waals surface area contributed by atoms with Gasteiger partial charge in [-0.05, 0) is 18.2 Å². The summed E-state index contributed by atoms with van der Waals surface area (Å²) in [6.07, 6.45) is -0.854. The Morgan fingerprint density at radius 3 is 2.73 bits per heavy atom.